The first kappa shape index (κ1) is 44.9. The fraction of sp³-hybridized carbons (Fsp3) is 0.312. The lowest BCUT2D eigenvalue weighted by Crippen LogP contribution is -2.17. The second kappa shape index (κ2) is 18.4. The molecule has 0 N–H and O–H groups in total. The van der Waals surface area contributed by atoms with Crippen LogP contribution in [0.1, 0.15) is 143 Å². The van der Waals surface area contributed by atoms with Gasteiger partial charge in [0.25, 0.3) is 0 Å². The minimum Gasteiger partial charge on any atom is -0.0836 e. The summed E-state index contributed by atoms with van der Waals surface area (Å²) in [5.41, 5.74) is 27.6. The van der Waals surface area contributed by atoms with Gasteiger partial charge in [-0.15, -0.1) is 0 Å². The molecule has 0 spiro atoms. The Kier molecular flexibility index (Phi) is 12.9. The third-order valence-electron chi connectivity index (χ3n) is 14.9. The molecule has 0 saturated heterocycles. The van der Waals surface area contributed by atoms with Gasteiger partial charge in [0.15, 0.2) is 0 Å². The minimum absolute atomic E-state index is 0.132. The molecule has 10 rings (SSSR count). The van der Waals surface area contributed by atoms with E-state index in [9.17, 15) is 0 Å². The predicted molar refractivity (Wildman–Crippen MR) is 279 cm³/mol. The summed E-state index contributed by atoms with van der Waals surface area (Å²) in [4.78, 5) is 0. The van der Waals surface area contributed by atoms with Crippen LogP contribution in [-0.2, 0) is 10.8 Å². The molecule has 0 saturated carbocycles. The van der Waals surface area contributed by atoms with Crippen LogP contribution in [-0.4, -0.2) is 0 Å². The maximum Gasteiger partial charge on any atom is 0.0161 e. The van der Waals surface area contributed by atoms with Gasteiger partial charge in [-0.05, 0) is 160 Å². The molecule has 6 aromatic rings. The van der Waals surface area contributed by atoms with E-state index in [2.05, 4.69) is 228 Å². The summed E-state index contributed by atoms with van der Waals surface area (Å²) in [6.07, 6.45) is 15.3. The summed E-state index contributed by atoms with van der Waals surface area (Å²) in [6.45, 7) is 25.3. The largest absolute Gasteiger partial charge is 0.0836 e. The maximum absolute atomic E-state index is 2.40. The summed E-state index contributed by atoms with van der Waals surface area (Å²) < 4.78 is 0. The van der Waals surface area contributed by atoms with Crippen LogP contribution < -0.4 is 0 Å². The average molecular weight is 839 g/mol. The topological polar surface area (TPSA) is 0 Å². The quantitative estimate of drug-likeness (QED) is 0.157. The Morgan fingerprint density at radius 3 is 1.86 bits per heavy atom. The lowest BCUT2D eigenvalue weighted by molar-refractivity contribution is 0.607. The van der Waals surface area contributed by atoms with Gasteiger partial charge in [-0.3, -0.25) is 0 Å². The second-order valence-corrected chi connectivity index (χ2v) is 20.2. The van der Waals surface area contributed by atoms with Gasteiger partial charge in [0.05, 0.1) is 0 Å². The molecule has 1 atom stereocenters. The highest BCUT2D eigenvalue weighted by atomic mass is 14.4. The van der Waals surface area contributed by atoms with Gasteiger partial charge < -0.3 is 0 Å². The van der Waals surface area contributed by atoms with Gasteiger partial charge in [-0.1, -0.05) is 218 Å². The van der Waals surface area contributed by atoms with Crippen molar-refractivity contribution in [2.24, 2.45) is 5.92 Å². The molecule has 6 aromatic carbocycles. The van der Waals surface area contributed by atoms with E-state index in [-0.39, 0.29) is 10.8 Å². The molecule has 0 heteroatoms. The zero-order valence-electron chi connectivity index (χ0n) is 40.6. The Bertz CT molecular complexity index is 2820. The standard InChI is InChI=1S/C24H28.C22H22.C18H20/c1-5-18(3)21-13-6-7-14-23(21)24-19(4)11-9-15-22(24)20-12-8-10-17(2)16-20;1-15-8-4-5-9-17(15)16-12-13-21-19(14-16)18-10-6-7-11-20(18)22(21,2)3;1-12(2)13-9-7-10-15-14-8-5-6-11-16(14)18(3,4)17(13)15/h7-12,14-16,18H,5-6,13H2,1-4H3;4-6,8-10,12-14H,7,11H2,1-3H3;5-12H,1-4H3. The van der Waals surface area contributed by atoms with Crippen LogP contribution in [0.2, 0.25) is 0 Å². The molecule has 0 amide bonds. The highest BCUT2D eigenvalue weighted by Crippen LogP contribution is 2.52. The third-order valence-corrected chi connectivity index (χ3v) is 14.9. The summed E-state index contributed by atoms with van der Waals surface area (Å²) in [7, 11) is 0. The number of allylic oxidation sites excluding steroid dienone is 8. The number of fused-ring (bicyclic) bond motifs is 5. The lowest BCUT2D eigenvalue weighted by Gasteiger charge is -2.25. The molecular formula is C64H70. The lowest BCUT2D eigenvalue weighted by atomic mass is 9.78. The van der Waals surface area contributed by atoms with E-state index in [1.807, 2.05) is 0 Å². The average Bonchev–Trinajstić information content (AvgIpc) is 3.68. The molecule has 4 aliphatic carbocycles. The summed E-state index contributed by atoms with van der Waals surface area (Å²) in [6, 6.07) is 46.9. The Morgan fingerprint density at radius 2 is 1.12 bits per heavy atom. The zero-order valence-corrected chi connectivity index (χ0v) is 40.6. The van der Waals surface area contributed by atoms with Gasteiger partial charge in [-0.25, -0.2) is 0 Å². The van der Waals surface area contributed by atoms with E-state index < -0.39 is 0 Å². The molecule has 0 heterocycles. The van der Waals surface area contributed by atoms with Crippen LogP contribution in [0.5, 0.6) is 0 Å². The maximum atomic E-state index is 2.40. The number of rotatable bonds is 6. The van der Waals surface area contributed by atoms with Crippen molar-refractivity contribution in [3.8, 4) is 33.4 Å². The van der Waals surface area contributed by atoms with Crippen molar-refractivity contribution in [2.45, 2.75) is 125 Å². The first-order valence-electron chi connectivity index (χ1n) is 24.1. The van der Waals surface area contributed by atoms with Crippen molar-refractivity contribution < 1.29 is 0 Å². The molecular weight excluding hydrogens is 769 g/mol. The fourth-order valence-corrected chi connectivity index (χ4v) is 11.2. The first-order chi connectivity index (χ1) is 30.7. The highest BCUT2D eigenvalue weighted by Gasteiger charge is 2.38. The summed E-state index contributed by atoms with van der Waals surface area (Å²) in [5.74, 6) is 1.23. The van der Waals surface area contributed by atoms with E-state index in [0.717, 1.165) is 0 Å². The highest BCUT2D eigenvalue weighted by molar-refractivity contribution is 5.90. The van der Waals surface area contributed by atoms with Crippen LogP contribution in [0.3, 0.4) is 0 Å². The van der Waals surface area contributed by atoms with Crippen molar-refractivity contribution in [1.29, 1.82) is 0 Å². The van der Waals surface area contributed by atoms with Crippen LogP contribution >= 0.6 is 0 Å². The second-order valence-electron chi connectivity index (χ2n) is 20.2. The molecule has 1 unspecified atom stereocenters. The van der Waals surface area contributed by atoms with E-state index in [4.69, 9.17) is 0 Å². The molecule has 0 aromatic heterocycles. The molecule has 326 valence electrons. The minimum atomic E-state index is 0.132. The fourth-order valence-electron chi connectivity index (χ4n) is 11.2. The van der Waals surface area contributed by atoms with E-state index in [0.29, 0.717) is 11.8 Å². The molecule has 4 aliphatic rings. The van der Waals surface area contributed by atoms with Crippen LogP contribution in [0.15, 0.2) is 163 Å². The molecule has 64 heavy (non-hydrogen) atoms. The van der Waals surface area contributed by atoms with Crippen LogP contribution in [0.25, 0.3) is 44.5 Å². The predicted octanol–water partition coefficient (Wildman–Crippen LogP) is 18.3. The molecule has 0 radical (unpaired) electrons. The Balaban J connectivity index is 0.000000133. The van der Waals surface area contributed by atoms with Crippen molar-refractivity contribution in [3.63, 3.8) is 0 Å². The zero-order chi connectivity index (χ0) is 45.3. The molecule has 0 bridgehead atoms. The van der Waals surface area contributed by atoms with E-state index in [1.54, 1.807) is 11.1 Å². The van der Waals surface area contributed by atoms with Gasteiger partial charge in [0.2, 0.25) is 0 Å². The Morgan fingerprint density at radius 1 is 0.516 bits per heavy atom. The number of hydrogen-bond donors (Lipinski definition) is 0. The normalized spacial score (nSPS) is 16.6. The van der Waals surface area contributed by atoms with Crippen LogP contribution in [0, 0.1) is 26.7 Å². The Labute approximate surface area is 386 Å². The third kappa shape index (κ3) is 8.38. The molecule has 0 fully saturated rings. The monoisotopic (exact) mass is 839 g/mol. The van der Waals surface area contributed by atoms with Crippen molar-refractivity contribution >= 4 is 11.1 Å². The molecule has 0 aliphatic heterocycles. The smallest absolute Gasteiger partial charge is 0.0161 e. The van der Waals surface area contributed by atoms with E-state index >= 15 is 0 Å². The SMILES string of the molecule is CC(C)c1cccc2c1C(C)(C)c1ccccc1-2.CCC(C)C1=C(c2c(C)cccc2-c2cccc(C)c2)C=CCC1.Cc1ccccc1-c1ccc2c(c1)C1=C(CCC=C1)C2(C)C. The van der Waals surface area contributed by atoms with Crippen molar-refractivity contribution in [3.05, 3.63) is 213 Å². The Hall–Kier alpha value is -5.72. The van der Waals surface area contributed by atoms with Crippen LogP contribution in [0.4, 0.5) is 0 Å². The summed E-state index contributed by atoms with van der Waals surface area (Å²) >= 11 is 0. The molecule has 0 nitrogen and oxygen atoms in total. The van der Waals surface area contributed by atoms with Crippen molar-refractivity contribution in [1.82, 2.24) is 0 Å². The van der Waals surface area contributed by atoms with Gasteiger partial charge >= 0.3 is 0 Å². The number of benzene rings is 6. The van der Waals surface area contributed by atoms with Gasteiger partial charge in [0.1, 0.15) is 0 Å². The van der Waals surface area contributed by atoms with E-state index in [1.165, 1.54) is 127 Å². The summed E-state index contributed by atoms with van der Waals surface area (Å²) in [5, 5.41) is 0. The van der Waals surface area contributed by atoms with Gasteiger partial charge in [0, 0.05) is 10.8 Å². The van der Waals surface area contributed by atoms with Crippen molar-refractivity contribution in [2.75, 3.05) is 0 Å². The number of aryl methyl sites for hydroxylation is 3. The first-order valence-corrected chi connectivity index (χ1v) is 24.1. The number of hydrogen-bond acceptors (Lipinski definition) is 0. The van der Waals surface area contributed by atoms with Gasteiger partial charge in [-0.2, -0.15) is 0 Å².